The zero-order valence-electron chi connectivity index (χ0n) is 12.9. The van der Waals surface area contributed by atoms with E-state index in [1.165, 1.54) is 23.6 Å². The molecule has 2 rings (SSSR count). The topological polar surface area (TPSA) is 86.7 Å². The van der Waals surface area contributed by atoms with E-state index in [0.717, 1.165) is 5.56 Å². The molecule has 1 saturated heterocycles. The molecule has 24 heavy (non-hydrogen) atoms. The predicted octanol–water partition coefficient (Wildman–Crippen LogP) is 1.87. The average Bonchev–Trinajstić information content (AvgIpc) is 2.80. The number of carboxylic acid groups (broad SMARTS) is 1. The van der Waals surface area contributed by atoms with Crippen LogP contribution in [0.4, 0.5) is 0 Å². The number of thioether (sulfide) groups is 1. The van der Waals surface area contributed by atoms with Gasteiger partial charge in [0.15, 0.2) is 0 Å². The number of rotatable bonds is 6. The number of hydrogen-bond donors (Lipinski definition) is 2. The molecule has 1 aliphatic rings. The van der Waals surface area contributed by atoms with Crippen LogP contribution in [-0.4, -0.2) is 44.7 Å². The molecule has 8 heteroatoms. The van der Waals surface area contributed by atoms with Crippen molar-refractivity contribution in [2.24, 2.45) is 0 Å². The molecule has 1 aromatic carbocycles. The van der Waals surface area contributed by atoms with Crippen molar-refractivity contribution < 1.29 is 19.5 Å². The Hall–Kier alpha value is -2.19. The zero-order valence-corrected chi connectivity index (χ0v) is 14.5. The summed E-state index contributed by atoms with van der Waals surface area (Å²) in [4.78, 5) is 36.7. The van der Waals surface area contributed by atoms with Crippen molar-refractivity contribution in [3.63, 3.8) is 0 Å². The van der Waals surface area contributed by atoms with E-state index in [0.29, 0.717) is 9.23 Å². The molecule has 0 aromatic heterocycles. The van der Waals surface area contributed by atoms with Gasteiger partial charge in [0.05, 0.1) is 4.91 Å². The van der Waals surface area contributed by atoms with E-state index in [1.807, 2.05) is 30.3 Å². The van der Waals surface area contributed by atoms with Crippen molar-refractivity contribution in [3.05, 3.63) is 40.8 Å². The lowest BCUT2D eigenvalue weighted by Crippen LogP contribution is -2.40. The maximum Gasteiger partial charge on any atom is 0.325 e. The maximum atomic E-state index is 12.4. The Kier molecular flexibility index (Phi) is 6.10. The Balaban J connectivity index is 1.96. The number of aliphatic carboxylic acids is 1. The number of carbonyl (C=O) groups is 3. The lowest BCUT2D eigenvalue weighted by molar-refractivity contribution is -0.141. The van der Waals surface area contributed by atoms with Crippen LogP contribution in [0.5, 0.6) is 0 Å². The molecule has 0 saturated carbocycles. The molecule has 1 aromatic rings. The molecule has 2 N–H and O–H groups in total. The molecule has 2 amide bonds. The van der Waals surface area contributed by atoms with Gasteiger partial charge >= 0.3 is 5.97 Å². The Morgan fingerprint density at radius 1 is 1.38 bits per heavy atom. The fourth-order valence-electron chi connectivity index (χ4n) is 1.98. The van der Waals surface area contributed by atoms with Crippen molar-refractivity contribution in [3.8, 4) is 0 Å². The third kappa shape index (κ3) is 4.65. The highest BCUT2D eigenvalue weighted by Crippen LogP contribution is 2.32. The number of benzene rings is 1. The van der Waals surface area contributed by atoms with Gasteiger partial charge in [0, 0.05) is 13.0 Å². The first-order chi connectivity index (χ1) is 11.4. The largest absolute Gasteiger partial charge is 0.480 e. The summed E-state index contributed by atoms with van der Waals surface area (Å²) >= 11 is 6.38. The Morgan fingerprint density at radius 2 is 2.04 bits per heavy atom. The molecule has 126 valence electrons. The summed E-state index contributed by atoms with van der Waals surface area (Å²) in [6, 6.07) is 8.43. The number of thiocarbonyl (C=S) groups is 1. The fourth-order valence-corrected chi connectivity index (χ4v) is 3.29. The van der Waals surface area contributed by atoms with Gasteiger partial charge in [-0.05, 0) is 18.6 Å². The van der Waals surface area contributed by atoms with Gasteiger partial charge in [-0.1, -0.05) is 54.3 Å². The van der Waals surface area contributed by atoms with E-state index >= 15 is 0 Å². The quantitative estimate of drug-likeness (QED) is 0.592. The molecular formula is C16H16N2O4S2. The Morgan fingerprint density at radius 3 is 2.67 bits per heavy atom. The Bertz CT molecular complexity index is 703. The van der Waals surface area contributed by atoms with Gasteiger partial charge < -0.3 is 10.4 Å². The van der Waals surface area contributed by atoms with Crippen LogP contribution in [0.25, 0.3) is 6.08 Å². The SMILES string of the molecule is CC(NC(=O)CCN1C(=O)/C(=C\c2ccccc2)SC1=S)C(=O)O. The van der Waals surface area contributed by atoms with Crippen molar-refractivity contribution in [1.82, 2.24) is 10.2 Å². The van der Waals surface area contributed by atoms with Crippen molar-refractivity contribution in [1.29, 1.82) is 0 Å². The minimum atomic E-state index is -1.11. The van der Waals surface area contributed by atoms with Crippen molar-refractivity contribution in [2.75, 3.05) is 6.54 Å². The number of hydrogen-bond acceptors (Lipinski definition) is 5. The van der Waals surface area contributed by atoms with Gasteiger partial charge in [0.2, 0.25) is 5.91 Å². The van der Waals surface area contributed by atoms with Gasteiger partial charge in [0.1, 0.15) is 10.4 Å². The first kappa shape index (κ1) is 18.2. The minimum absolute atomic E-state index is 0.0112. The highest BCUT2D eigenvalue weighted by atomic mass is 32.2. The van der Waals surface area contributed by atoms with Crippen LogP contribution in [0.1, 0.15) is 18.9 Å². The summed E-state index contributed by atoms with van der Waals surface area (Å²) in [5, 5.41) is 11.1. The van der Waals surface area contributed by atoms with E-state index in [1.54, 1.807) is 6.08 Å². The second-order valence-corrected chi connectivity index (χ2v) is 6.80. The number of nitrogens with one attached hydrogen (secondary N) is 1. The molecule has 0 bridgehead atoms. The molecular weight excluding hydrogens is 348 g/mol. The van der Waals surface area contributed by atoms with E-state index in [4.69, 9.17) is 17.3 Å². The van der Waals surface area contributed by atoms with Crippen LogP contribution >= 0.6 is 24.0 Å². The number of carbonyl (C=O) groups excluding carboxylic acids is 2. The van der Waals surface area contributed by atoms with Gasteiger partial charge in [-0.15, -0.1) is 0 Å². The lowest BCUT2D eigenvalue weighted by Gasteiger charge is -2.15. The summed E-state index contributed by atoms with van der Waals surface area (Å²) in [6.45, 7) is 1.50. The second kappa shape index (κ2) is 8.07. The third-order valence-corrected chi connectivity index (χ3v) is 4.66. The van der Waals surface area contributed by atoms with Gasteiger partial charge in [-0.25, -0.2) is 0 Å². The first-order valence-electron chi connectivity index (χ1n) is 7.21. The summed E-state index contributed by atoms with van der Waals surface area (Å²) in [6.07, 6.45) is 1.74. The maximum absolute atomic E-state index is 12.4. The molecule has 6 nitrogen and oxygen atoms in total. The van der Waals surface area contributed by atoms with Gasteiger partial charge in [0.25, 0.3) is 5.91 Å². The van der Waals surface area contributed by atoms with Gasteiger partial charge in [-0.3, -0.25) is 19.3 Å². The van der Waals surface area contributed by atoms with Crippen LogP contribution in [-0.2, 0) is 14.4 Å². The first-order valence-corrected chi connectivity index (χ1v) is 8.43. The minimum Gasteiger partial charge on any atom is -0.480 e. The molecule has 1 fully saturated rings. The van der Waals surface area contributed by atoms with Crippen LogP contribution in [0.2, 0.25) is 0 Å². The van der Waals surface area contributed by atoms with E-state index in [2.05, 4.69) is 5.32 Å². The van der Waals surface area contributed by atoms with E-state index in [-0.39, 0.29) is 18.9 Å². The monoisotopic (exact) mass is 364 g/mol. The smallest absolute Gasteiger partial charge is 0.325 e. The fraction of sp³-hybridized carbons (Fsp3) is 0.250. The van der Waals surface area contributed by atoms with Crippen molar-refractivity contribution >= 4 is 52.2 Å². The molecule has 1 heterocycles. The molecule has 1 unspecified atom stereocenters. The lowest BCUT2D eigenvalue weighted by atomic mass is 10.2. The van der Waals surface area contributed by atoms with E-state index < -0.39 is 17.9 Å². The standard InChI is InChI=1S/C16H16N2O4S2/c1-10(15(21)22)17-13(19)7-8-18-14(20)12(24-16(18)23)9-11-5-3-2-4-6-11/h2-6,9-10H,7-8H2,1H3,(H,17,19)(H,21,22)/b12-9+. The van der Waals surface area contributed by atoms with Crippen LogP contribution in [0, 0.1) is 0 Å². The van der Waals surface area contributed by atoms with Crippen LogP contribution in [0.3, 0.4) is 0 Å². The highest BCUT2D eigenvalue weighted by molar-refractivity contribution is 8.26. The molecule has 1 aliphatic heterocycles. The number of amides is 2. The van der Waals surface area contributed by atoms with Crippen LogP contribution in [0.15, 0.2) is 35.2 Å². The summed E-state index contributed by atoms with van der Waals surface area (Å²) in [5.41, 5.74) is 0.894. The molecule has 0 spiro atoms. The summed E-state index contributed by atoms with van der Waals surface area (Å²) < 4.78 is 0.390. The average molecular weight is 364 g/mol. The highest BCUT2D eigenvalue weighted by Gasteiger charge is 2.32. The second-order valence-electron chi connectivity index (χ2n) is 5.12. The van der Waals surface area contributed by atoms with E-state index in [9.17, 15) is 14.4 Å². The summed E-state index contributed by atoms with van der Waals surface area (Å²) in [5.74, 6) is -1.79. The predicted molar refractivity (Wildman–Crippen MR) is 96.2 cm³/mol. The zero-order chi connectivity index (χ0) is 17.7. The third-order valence-electron chi connectivity index (χ3n) is 3.28. The molecule has 0 aliphatic carbocycles. The molecule has 1 atom stereocenters. The normalized spacial score (nSPS) is 17.2. The number of nitrogens with zero attached hydrogens (tertiary/aromatic N) is 1. The van der Waals surface area contributed by atoms with Crippen LogP contribution < -0.4 is 5.32 Å². The Labute approximate surface area is 148 Å². The van der Waals surface area contributed by atoms with Crippen molar-refractivity contribution in [2.45, 2.75) is 19.4 Å². The summed E-state index contributed by atoms with van der Waals surface area (Å²) in [7, 11) is 0. The number of carboxylic acids is 1. The molecule has 0 radical (unpaired) electrons. The van der Waals surface area contributed by atoms with Gasteiger partial charge in [-0.2, -0.15) is 0 Å².